The molecule has 0 N–H and O–H groups in total. The van der Waals surface area contributed by atoms with Gasteiger partial charge >= 0.3 is 5.97 Å². The second-order valence-electron chi connectivity index (χ2n) is 12.2. The highest BCUT2D eigenvalue weighted by atomic mass is 16.5. The Balaban J connectivity index is 1.23. The maximum absolute atomic E-state index is 12.6. The molecule has 240 valence electrons. The molecule has 4 aromatic rings. The lowest BCUT2D eigenvalue weighted by molar-refractivity contribution is -0.150. The van der Waals surface area contributed by atoms with Gasteiger partial charge in [-0.05, 0) is 83.5 Å². The van der Waals surface area contributed by atoms with Crippen LogP contribution < -0.4 is 9.47 Å². The first-order valence-electron chi connectivity index (χ1n) is 17.2. The van der Waals surface area contributed by atoms with E-state index in [2.05, 4.69) is 79.7 Å². The summed E-state index contributed by atoms with van der Waals surface area (Å²) in [5, 5.41) is 2.16. The fraction of sp³-hybridized carbons (Fsp3) is 0.439. The summed E-state index contributed by atoms with van der Waals surface area (Å²) in [7, 11) is 0. The highest BCUT2D eigenvalue weighted by molar-refractivity contribution is 5.86. The zero-order chi connectivity index (χ0) is 31.9. The molecule has 0 unspecified atom stereocenters. The predicted molar refractivity (Wildman–Crippen MR) is 187 cm³/mol. The number of fused-ring (bicyclic) bond motifs is 1. The van der Waals surface area contributed by atoms with E-state index in [9.17, 15) is 4.79 Å². The maximum atomic E-state index is 12.6. The number of hydrogen-bond donors (Lipinski definition) is 0. The van der Waals surface area contributed by atoms with Crippen LogP contribution in [0.4, 0.5) is 0 Å². The summed E-state index contributed by atoms with van der Waals surface area (Å²) in [5.74, 6) is 1.30. The largest absolute Gasteiger partial charge is 0.494 e. The highest BCUT2D eigenvalue weighted by Gasteiger charge is 2.20. The van der Waals surface area contributed by atoms with Crippen molar-refractivity contribution >= 4 is 16.7 Å². The van der Waals surface area contributed by atoms with Gasteiger partial charge in [0.2, 0.25) is 0 Å². The fourth-order valence-corrected chi connectivity index (χ4v) is 5.59. The lowest BCUT2D eigenvalue weighted by Crippen LogP contribution is -2.20. The number of hydrogen-bond acceptors (Lipinski definition) is 4. The van der Waals surface area contributed by atoms with Crippen molar-refractivity contribution in [3.8, 4) is 22.6 Å². The molecule has 0 aliphatic carbocycles. The van der Waals surface area contributed by atoms with Gasteiger partial charge in [-0.25, -0.2) is 0 Å². The van der Waals surface area contributed by atoms with E-state index in [-0.39, 0.29) is 18.0 Å². The van der Waals surface area contributed by atoms with Gasteiger partial charge in [-0.15, -0.1) is 0 Å². The molecule has 4 rings (SSSR count). The molecule has 4 nitrogen and oxygen atoms in total. The van der Waals surface area contributed by atoms with Crippen molar-refractivity contribution in [1.29, 1.82) is 0 Å². The molecule has 0 aromatic heterocycles. The summed E-state index contributed by atoms with van der Waals surface area (Å²) in [4.78, 5) is 12.6. The van der Waals surface area contributed by atoms with E-state index in [1.165, 1.54) is 56.1 Å². The van der Waals surface area contributed by atoms with Crippen molar-refractivity contribution in [3.05, 3.63) is 96.1 Å². The monoisotopic (exact) mass is 608 g/mol. The smallest absolute Gasteiger partial charge is 0.313 e. The molecule has 0 fully saturated rings. The van der Waals surface area contributed by atoms with Crippen LogP contribution in [0.15, 0.2) is 84.9 Å². The van der Waals surface area contributed by atoms with Crippen LogP contribution in [0.2, 0.25) is 0 Å². The number of benzene rings is 4. The molecule has 0 aliphatic rings. The minimum Gasteiger partial charge on any atom is -0.494 e. The van der Waals surface area contributed by atoms with Gasteiger partial charge in [-0.3, -0.25) is 4.79 Å². The zero-order valence-electron chi connectivity index (χ0n) is 27.9. The van der Waals surface area contributed by atoms with Gasteiger partial charge in [0, 0.05) is 0 Å². The number of rotatable bonds is 19. The third-order valence-corrected chi connectivity index (χ3v) is 8.70. The lowest BCUT2D eigenvalue weighted by atomic mass is 9.97. The van der Waals surface area contributed by atoms with Gasteiger partial charge in [-0.2, -0.15) is 0 Å². The van der Waals surface area contributed by atoms with Gasteiger partial charge in [-0.1, -0.05) is 126 Å². The summed E-state index contributed by atoms with van der Waals surface area (Å²) in [5.41, 5.74) is 4.43. The molecule has 0 heterocycles. The molecule has 0 spiro atoms. The van der Waals surface area contributed by atoms with Crippen molar-refractivity contribution in [2.24, 2.45) is 0 Å². The molecular weight excluding hydrogens is 556 g/mol. The minimum atomic E-state index is -0.301. The van der Waals surface area contributed by atoms with Crippen molar-refractivity contribution in [1.82, 2.24) is 0 Å². The molecule has 0 bridgehead atoms. The van der Waals surface area contributed by atoms with Crippen LogP contribution in [0.3, 0.4) is 0 Å². The molecule has 0 amide bonds. The molecule has 4 aromatic carbocycles. The highest BCUT2D eigenvalue weighted by Crippen LogP contribution is 2.28. The quantitative estimate of drug-likeness (QED) is 0.0784. The molecule has 4 heteroatoms. The predicted octanol–water partition coefficient (Wildman–Crippen LogP) is 11.4. The van der Waals surface area contributed by atoms with Crippen molar-refractivity contribution in [2.45, 2.75) is 111 Å². The number of unbranched alkanes of at least 4 members (excludes halogenated alkanes) is 7. The van der Waals surface area contributed by atoms with Gasteiger partial charge in [0.05, 0.1) is 12.5 Å². The van der Waals surface area contributed by atoms with E-state index < -0.39 is 0 Å². The number of carbonyl (C=O) groups is 1. The van der Waals surface area contributed by atoms with Crippen LogP contribution >= 0.6 is 0 Å². The maximum Gasteiger partial charge on any atom is 0.313 e. The van der Waals surface area contributed by atoms with E-state index >= 15 is 0 Å². The Morgan fingerprint density at radius 1 is 0.622 bits per heavy atom. The summed E-state index contributed by atoms with van der Waals surface area (Å²) >= 11 is 0. The Kier molecular flexibility index (Phi) is 13.8. The fourth-order valence-electron chi connectivity index (χ4n) is 5.59. The molecule has 0 aliphatic heterocycles. The van der Waals surface area contributed by atoms with Crippen LogP contribution in [0, 0.1) is 0 Å². The Morgan fingerprint density at radius 3 is 1.87 bits per heavy atom. The van der Waals surface area contributed by atoms with Crippen LogP contribution in [0.1, 0.15) is 109 Å². The number of ether oxygens (including phenoxy) is 3. The van der Waals surface area contributed by atoms with Crippen molar-refractivity contribution in [2.75, 3.05) is 6.61 Å². The average molecular weight is 609 g/mol. The standard InChI is InChI=1S/C41H52O4/c1-5-8-9-10-11-12-13-14-27-43-39-24-21-34(22-25-39)33-17-15-32(16-18-33)30-44-40-26-23-36-28-35(19-20-37(36)29-40)31(4)41(42)45-38(6-2)7-3/h15-26,28-29,31,38H,5-14,27,30H2,1-4H3/t31-/m0/s1. The van der Waals surface area contributed by atoms with E-state index in [1.54, 1.807) is 0 Å². The minimum absolute atomic E-state index is 0.0166. The second-order valence-corrected chi connectivity index (χ2v) is 12.2. The third-order valence-electron chi connectivity index (χ3n) is 8.70. The summed E-state index contributed by atoms with van der Waals surface area (Å²) in [6.07, 6.45) is 12.1. The first-order valence-corrected chi connectivity index (χ1v) is 17.2. The van der Waals surface area contributed by atoms with Gasteiger partial charge in [0.25, 0.3) is 0 Å². The zero-order valence-corrected chi connectivity index (χ0v) is 27.9. The number of carbonyl (C=O) groups excluding carboxylic acids is 1. The van der Waals surface area contributed by atoms with Crippen LogP contribution in [-0.4, -0.2) is 18.7 Å². The van der Waals surface area contributed by atoms with Crippen molar-refractivity contribution in [3.63, 3.8) is 0 Å². The third kappa shape index (κ3) is 10.7. The first kappa shape index (κ1) is 34.1. The van der Waals surface area contributed by atoms with Gasteiger partial charge in [0.15, 0.2) is 0 Å². The molecule has 45 heavy (non-hydrogen) atoms. The summed E-state index contributed by atoms with van der Waals surface area (Å²) in [6.45, 7) is 9.55. The molecular formula is C41H52O4. The molecule has 0 radical (unpaired) electrons. The van der Waals surface area contributed by atoms with Crippen LogP contribution in [0.25, 0.3) is 21.9 Å². The second kappa shape index (κ2) is 18.2. The van der Waals surface area contributed by atoms with Gasteiger partial charge < -0.3 is 14.2 Å². The topological polar surface area (TPSA) is 44.8 Å². The molecule has 0 saturated heterocycles. The Bertz CT molecular complexity index is 1440. The Hall–Kier alpha value is -3.79. The van der Waals surface area contributed by atoms with Crippen molar-refractivity contribution < 1.29 is 19.0 Å². The molecule has 0 saturated carbocycles. The molecule has 1 atom stereocenters. The van der Waals surface area contributed by atoms with E-state index in [0.717, 1.165) is 59.3 Å². The SMILES string of the molecule is CCCCCCCCCCOc1ccc(-c2ccc(COc3ccc4cc([C@H](C)C(=O)OC(CC)CC)ccc4c3)cc2)cc1. The summed E-state index contributed by atoms with van der Waals surface area (Å²) < 4.78 is 17.8. The Morgan fingerprint density at radius 2 is 1.20 bits per heavy atom. The normalized spacial score (nSPS) is 11.9. The number of esters is 1. The first-order chi connectivity index (χ1) is 22.0. The van der Waals surface area contributed by atoms with Crippen LogP contribution in [-0.2, 0) is 16.1 Å². The van der Waals surface area contributed by atoms with E-state index in [4.69, 9.17) is 14.2 Å². The summed E-state index contributed by atoms with van der Waals surface area (Å²) in [6, 6.07) is 29.2. The van der Waals surface area contributed by atoms with E-state index in [1.807, 2.05) is 32.9 Å². The van der Waals surface area contributed by atoms with Crippen LogP contribution in [0.5, 0.6) is 11.5 Å². The van der Waals surface area contributed by atoms with Gasteiger partial charge in [0.1, 0.15) is 24.2 Å². The average Bonchev–Trinajstić information content (AvgIpc) is 3.08. The Labute approximate surface area is 271 Å². The lowest BCUT2D eigenvalue weighted by Gasteiger charge is -2.18. The van der Waals surface area contributed by atoms with E-state index in [0.29, 0.717) is 6.61 Å².